The second-order valence-electron chi connectivity index (χ2n) is 8.76. The van der Waals surface area contributed by atoms with Crippen LogP contribution in [0.3, 0.4) is 0 Å². The molecule has 0 heterocycles. The van der Waals surface area contributed by atoms with Crippen molar-refractivity contribution in [1.29, 1.82) is 0 Å². The number of fused-ring (bicyclic) bond motifs is 4. The van der Waals surface area contributed by atoms with Gasteiger partial charge in [0.1, 0.15) is 5.78 Å². The zero-order valence-corrected chi connectivity index (χ0v) is 15.7. The minimum absolute atomic E-state index is 0.0638. The molecular weight excluding hydrogens is 316 g/mol. The Hall–Kier alpha value is -2.15. The van der Waals surface area contributed by atoms with Gasteiger partial charge in [0.2, 0.25) is 0 Å². The number of carbonyl (C=O) groups is 1. The molecule has 0 amide bonds. The lowest BCUT2D eigenvalue weighted by Crippen LogP contribution is -2.43. The predicted octanol–water partition coefficient (Wildman–Crippen LogP) is 3.97. The third-order valence-corrected chi connectivity index (χ3v) is 7.09. The summed E-state index contributed by atoms with van der Waals surface area (Å²) in [5.74, 6) is 0.961. The summed E-state index contributed by atoms with van der Waals surface area (Å²) in [6, 6.07) is 13.2. The van der Waals surface area contributed by atoms with Gasteiger partial charge in [-0.05, 0) is 63.6 Å². The Labute approximate surface area is 154 Å². The lowest BCUT2D eigenvalue weighted by atomic mass is 9.60. The Morgan fingerprint density at radius 2 is 1.81 bits per heavy atom. The van der Waals surface area contributed by atoms with Crippen LogP contribution in [0, 0.1) is 21.8 Å². The SMILES string of the molecule is C[C@@H]1CC=c2ccc3c(c2C1C(=O)C1(C)CCC1)CC=c1ccccc1=3. The molecule has 2 aromatic carbocycles. The molecule has 1 saturated carbocycles. The van der Waals surface area contributed by atoms with Gasteiger partial charge in [-0.2, -0.15) is 0 Å². The lowest BCUT2D eigenvalue weighted by Gasteiger charge is -2.42. The van der Waals surface area contributed by atoms with E-state index in [9.17, 15) is 4.79 Å². The number of benzene rings is 2. The highest BCUT2D eigenvalue weighted by atomic mass is 16.1. The van der Waals surface area contributed by atoms with Gasteiger partial charge in [0, 0.05) is 11.3 Å². The molecule has 0 radical (unpaired) electrons. The summed E-state index contributed by atoms with van der Waals surface area (Å²) in [6.45, 7) is 4.46. The molecule has 2 atom stereocenters. The normalized spacial score (nSPS) is 24.8. The maximum absolute atomic E-state index is 13.6. The molecule has 0 bridgehead atoms. The number of ketones is 1. The van der Waals surface area contributed by atoms with E-state index in [4.69, 9.17) is 0 Å². The van der Waals surface area contributed by atoms with Gasteiger partial charge in [0.15, 0.2) is 0 Å². The first-order chi connectivity index (χ1) is 12.6. The minimum atomic E-state index is -0.0907. The maximum atomic E-state index is 13.6. The van der Waals surface area contributed by atoms with Crippen LogP contribution in [0.5, 0.6) is 0 Å². The summed E-state index contributed by atoms with van der Waals surface area (Å²) >= 11 is 0. The molecule has 2 aromatic rings. The summed E-state index contributed by atoms with van der Waals surface area (Å²) in [5, 5.41) is 5.27. The zero-order valence-electron chi connectivity index (χ0n) is 15.7. The fourth-order valence-corrected chi connectivity index (χ4v) is 5.28. The molecule has 0 saturated heterocycles. The van der Waals surface area contributed by atoms with Crippen molar-refractivity contribution in [3.8, 4) is 0 Å². The van der Waals surface area contributed by atoms with Crippen LogP contribution in [0.15, 0.2) is 36.4 Å². The summed E-state index contributed by atoms with van der Waals surface area (Å²) in [6.07, 6.45) is 9.99. The quantitative estimate of drug-likeness (QED) is 0.807. The average Bonchev–Trinajstić information content (AvgIpc) is 2.65. The fraction of sp³-hybridized carbons (Fsp3) is 0.400. The Morgan fingerprint density at radius 1 is 1.00 bits per heavy atom. The third-order valence-electron chi connectivity index (χ3n) is 7.09. The summed E-state index contributed by atoms with van der Waals surface area (Å²) in [5.41, 5.74) is 2.64. The molecule has 1 heteroatoms. The van der Waals surface area contributed by atoms with Crippen molar-refractivity contribution in [2.24, 2.45) is 11.3 Å². The van der Waals surface area contributed by atoms with E-state index < -0.39 is 0 Å². The van der Waals surface area contributed by atoms with Crippen LogP contribution in [0.4, 0.5) is 0 Å². The largest absolute Gasteiger partial charge is 0.298 e. The number of hydrogen-bond acceptors (Lipinski definition) is 1. The highest BCUT2D eigenvalue weighted by molar-refractivity contribution is 5.92. The first-order valence-corrected chi connectivity index (χ1v) is 10.0. The van der Waals surface area contributed by atoms with Crippen LogP contribution in [0.2, 0.25) is 0 Å². The van der Waals surface area contributed by atoms with Crippen molar-refractivity contribution in [2.75, 3.05) is 0 Å². The third kappa shape index (κ3) is 2.19. The summed E-state index contributed by atoms with van der Waals surface area (Å²) < 4.78 is 0. The van der Waals surface area contributed by atoms with Crippen LogP contribution in [-0.4, -0.2) is 5.78 Å². The van der Waals surface area contributed by atoms with Crippen molar-refractivity contribution in [3.63, 3.8) is 0 Å². The van der Waals surface area contributed by atoms with E-state index in [2.05, 4.69) is 62.4 Å². The Morgan fingerprint density at radius 3 is 2.58 bits per heavy atom. The van der Waals surface area contributed by atoms with E-state index in [-0.39, 0.29) is 11.3 Å². The molecule has 3 aliphatic rings. The molecule has 1 unspecified atom stereocenters. The number of Topliss-reactive ketones (excluding diaryl/α,β-unsaturated/α-hetero) is 1. The molecule has 26 heavy (non-hydrogen) atoms. The standard InChI is InChI=1S/C25H26O/c1-16-8-9-18-11-12-20-19-7-4-3-6-17(19)10-13-21(20)23(18)22(16)24(26)25(2)14-5-15-25/h3-4,6-7,9-12,16,22H,5,8,13-15H2,1-2H3/t16-,22?/m1/s1. The Kier molecular flexibility index (Phi) is 3.50. The highest BCUT2D eigenvalue weighted by Crippen LogP contribution is 2.47. The first kappa shape index (κ1) is 16.1. The van der Waals surface area contributed by atoms with Gasteiger partial charge >= 0.3 is 0 Å². The maximum Gasteiger partial charge on any atom is 0.146 e. The van der Waals surface area contributed by atoms with Crippen LogP contribution in [0.1, 0.15) is 56.6 Å². The van der Waals surface area contributed by atoms with Crippen LogP contribution in [-0.2, 0) is 11.2 Å². The van der Waals surface area contributed by atoms with Gasteiger partial charge in [-0.15, -0.1) is 0 Å². The molecule has 1 fully saturated rings. The number of carbonyl (C=O) groups excluding carboxylic acids is 1. The lowest BCUT2D eigenvalue weighted by molar-refractivity contribution is -0.135. The van der Waals surface area contributed by atoms with E-state index in [1.54, 1.807) is 0 Å². The van der Waals surface area contributed by atoms with Crippen LogP contribution in [0.25, 0.3) is 12.2 Å². The monoisotopic (exact) mass is 342 g/mol. The van der Waals surface area contributed by atoms with E-state index in [0.717, 1.165) is 25.7 Å². The first-order valence-electron chi connectivity index (χ1n) is 10.0. The summed E-state index contributed by atoms with van der Waals surface area (Å²) in [7, 11) is 0. The molecule has 0 aromatic heterocycles. The van der Waals surface area contributed by atoms with Gasteiger partial charge in [-0.1, -0.05) is 68.8 Å². The molecule has 1 nitrogen and oxygen atoms in total. The van der Waals surface area contributed by atoms with E-state index in [0.29, 0.717) is 11.7 Å². The number of hydrogen-bond donors (Lipinski definition) is 0. The molecular formula is C25H26O. The Balaban J connectivity index is 1.80. The smallest absolute Gasteiger partial charge is 0.146 e. The molecule has 3 aliphatic carbocycles. The molecule has 0 N–H and O–H groups in total. The Bertz CT molecular complexity index is 1120. The second-order valence-corrected chi connectivity index (χ2v) is 8.76. The van der Waals surface area contributed by atoms with Crippen molar-refractivity contribution >= 4 is 17.9 Å². The number of rotatable bonds is 2. The van der Waals surface area contributed by atoms with Gasteiger partial charge in [0.25, 0.3) is 0 Å². The van der Waals surface area contributed by atoms with Crippen LogP contribution < -0.4 is 10.4 Å². The molecule has 5 rings (SSSR count). The van der Waals surface area contributed by atoms with Crippen molar-refractivity contribution in [1.82, 2.24) is 0 Å². The van der Waals surface area contributed by atoms with Gasteiger partial charge < -0.3 is 0 Å². The zero-order chi connectivity index (χ0) is 17.9. The van der Waals surface area contributed by atoms with Gasteiger partial charge in [0.05, 0.1) is 0 Å². The predicted molar refractivity (Wildman–Crippen MR) is 106 cm³/mol. The van der Waals surface area contributed by atoms with Crippen LogP contribution >= 0.6 is 0 Å². The minimum Gasteiger partial charge on any atom is -0.298 e. The second kappa shape index (κ2) is 5.67. The van der Waals surface area contributed by atoms with E-state index in [1.165, 1.54) is 38.4 Å². The molecule has 0 spiro atoms. The average molecular weight is 342 g/mol. The van der Waals surface area contributed by atoms with Crippen molar-refractivity contribution in [3.05, 3.63) is 68.4 Å². The van der Waals surface area contributed by atoms with E-state index >= 15 is 0 Å². The van der Waals surface area contributed by atoms with Gasteiger partial charge in [-0.25, -0.2) is 0 Å². The van der Waals surface area contributed by atoms with E-state index in [1.807, 2.05) is 0 Å². The molecule has 0 aliphatic heterocycles. The molecule has 132 valence electrons. The van der Waals surface area contributed by atoms with Crippen molar-refractivity contribution in [2.45, 2.75) is 51.9 Å². The van der Waals surface area contributed by atoms with Gasteiger partial charge in [-0.3, -0.25) is 4.79 Å². The topological polar surface area (TPSA) is 17.1 Å². The summed E-state index contributed by atoms with van der Waals surface area (Å²) in [4.78, 5) is 13.6. The van der Waals surface area contributed by atoms with Crippen molar-refractivity contribution < 1.29 is 4.79 Å². The fourth-order valence-electron chi connectivity index (χ4n) is 5.28. The highest BCUT2D eigenvalue weighted by Gasteiger charge is 2.45.